The number of hydrogen-bond acceptors (Lipinski definition) is 4. The number of rotatable bonds is 10. The van der Waals surface area contributed by atoms with Gasteiger partial charge in [-0.1, -0.05) is 13.8 Å². The van der Waals surface area contributed by atoms with Crippen LogP contribution < -0.4 is 5.32 Å². The lowest BCUT2D eigenvalue weighted by molar-refractivity contribution is -0.148. The monoisotopic (exact) mass is 270 g/mol. The Morgan fingerprint density at radius 3 is 2.58 bits per heavy atom. The van der Waals surface area contributed by atoms with Gasteiger partial charge in [0.1, 0.15) is 5.54 Å². The van der Waals surface area contributed by atoms with Gasteiger partial charge in [0.25, 0.3) is 0 Å². The maximum absolute atomic E-state index is 11.9. The van der Waals surface area contributed by atoms with E-state index in [1.165, 1.54) is 20.0 Å². The summed E-state index contributed by atoms with van der Waals surface area (Å²) < 4.78 is 4.94. The Hall–Kier alpha value is -0.610. The third kappa shape index (κ3) is 5.11. The zero-order chi connectivity index (χ0) is 14.3. The predicted octanol–water partition coefficient (Wildman–Crippen LogP) is 2.18. The van der Waals surface area contributed by atoms with Crippen LogP contribution in [0.4, 0.5) is 0 Å². The van der Waals surface area contributed by atoms with Crippen molar-refractivity contribution >= 4 is 5.97 Å². The summed E-state index contributed by atoms with van der Waals surface area (Å²) in [7, 11) is 1.47. The lowest BCUT2D eigenvalue weighted by Crippen LogP contribution is -2.50. The Labute approximate surface area is 117 Å². The van der Waals surface area contributed by atoms with Crippen LogP contribution in [-0.2, 0) is 9.53 Å². The van der Waals surface area contributed by atoms with E-state index in [-0.39, 0.29) is 5.97 Å². The van der Waals surface area contributed by atoms with E-state index < -0.39 is 5.54 Å². The van der Waals surface area contributed by atoms with Gasteiger partial charge >= 0.3 is 5.97 Å². The standard InChI is InChI=1S/C15H30N2O2/c1-5-11-16-15(3,14(18)19-4)10-7-12-17(6-2)13-8-9-13/h13,16H,5-12H2,1-4H3. The molecule has 1 fully saturated rings. The number of methoxy groups -OCH3 is 1. The number of ether oxygens (including phenoxy) is 1. The molecule has 0 radical (unpaired) electrons. The van der Waals surface area contributed by atoms with Crippen molar-refractivity contribution in [3.05, 3.63) is 0 Å². The van der Waals surface area contributed by atoms with Crippen LogP contribution in [0.1, 0.15) is 52.9 Å². The minimum atomic E-state index is -0.534. The molecule has 1 rings (SSSR count). The second-order valence-corrected chi connectivity index (χ2v) is 5.71. The number of hydrogen-bond donors (Lipinski definition) is 1. The molecule has 0 aliphatic heterocycles. The Bertz CT molecular complexity index is 279. The van der Waals surface area contributed by atoms with E-state index in [4.69, 9.17) is 4.74 Å². The second kappa shape index (κ2) is 7.85. The molecule has 0 saturated heterocycles. The van der Waals surface area contributed by atoms with Crippen LogP contribution in [0.15, 0.2) is 0 Å². The molecule has 0 aromatic heterocycles. The van der Waals surface area contributed by atoms with Gasteiger partial charge < -0.3 is 15.0 Å². The summed E-state index contributed by atoms with van der Waals surface area (Å²) in [4.78, 5) is 14.5. The van der Waals surface area contributed by atoms with E-state index in [1.54, 1.807) is 0 Å². The first kappa shape index (κ1) is 16.4. The van der Waals surface area contributed by atoms with E-state index in [9.17, 15) is 4.79 Å². The Balaban J connectivity index is 2.40. The van der Waals surface area contributed by atoms with Gasteiger partial charge in [-0.2, -0.15) is 0 Å². The first-order chi connectivity index (χ1) is 9.07. The fraction of sp³-hybridized carbons (Fsp3) is 0.933. The fourth-order valence-electron chi connectivity index (χ4n) is 2.56. The second-order valence-electron chi connectivity index (χ2n) is 5.71. The summed E-state index contributed by atoms with van der Waals surface area (Å²) in [6.07, 6.45) is 5.58. The topological polar surface area (TPSA) is 41.6 Å². The maximum Gasteiger partial charge on any atom is 0.325 e. The average molecular weight is 270 g/mol. The van der Waals surface area contributed by atoms with Crippen molar-refractivity contribution in [2.24, 2.45) is 0 Å². The van der Waals surface area contributed by atoms with Gasteiger partial charge in [0, 0.05) is 6.04 Å². The van der Waals surface area contributed by atoms with Gasteiger partial charge in [0.15, 0.2) is 0 Å². The number of esters is 1. The molecule has 1 N–H and O–H groups in total. The zero-order valence-corrected chi connectivity index (χ0v) is 13.0. The summed E-state index contributed by atoms with van der Waals surface area (Å²) in [5.41, 5.74) is -0.534. The Morgan fingerprint density at radius 1 is 1.42 bits per heavy atom. The Morgan fingerprint density at radius 2 is 2.11 bits per heavy atom. The van der Waals surface area contributed by atoms with Crippen molar-refractivity contribution in [3.63, 3.8) is 0 Å². The summed E-state index contributed by atoms with van der Waals surface area (Å²) in [5, 5.41) is 3.34. The van der Waals surface area contributed by atoms with Crippen molar-refractivity contribution in [2.75, 3.05) is 26.7 Å². The molecular formula is C15H30N2O2. The minimum absolute atomic E-state index is 0.143. The van der Waals surface area contributed by atoms with Gasteiger partial charge in [0.2, 0.25) is 0 Å². The van der Waals surface area contributed by atoms with Crippen molar-refractivity contribution < 1.29 is 9.53 Å². The van der Waals surface area contributed by atoms with E-state index in [0.717, 1.165) is 44.9 Å². The van der Waals surface area contributed by atoms with Crippen molar-refractivity contribution in [1.29, 1.82) is 0 Å². The quantitative estimate of drug-likeness (QED) is 0.618. The van der Waals surface area contributed by atoms with Gasteiger partial charge in [-0.25, -0.2) is 0 Å². The van der Waals surface area contributed by atoms with Gasteiger partial charge in [0.05, 0.1) is 7.11 Å². The van der Waals surface area contributed by atoms with Crippen molar-refractivity contribution in [2.45, 2.75) is 64.5 Å². The highest BCUT2D eigenvalue weighted by molar-refractivity contribution is 5.80. The molecule has 1 atom stereocenters. The molecule has 1 aliphatic carbocycles. The smallest absolute Gasteiger partial charge is 0.325 e. The first-order valence-electron chi connectivity index (χ1n) is 7.64. The highest BCUT2D eigenvalue weighted by Crippen LogP contribution is 2.27. The van der Waals surface area contributed by atoms with Crippen molar-refractivity contribution in [3.8, 4) is 0 Å². The third-order valence-electron chi connectivity index (χ3n) is 3.99. The summed E-state index contributed by atoms with van der Waals surface area (Å²) in [5.74, 6) is -0.143. The van der Waals surface area contributed by atoms with Crippen LogP contribution >= 0.6 is 0 Å². The molecular weight excluding hydrogens is 240 g/mol. The van der Waals surface area contributed by atoms with E-state index in [2.05, 4.69) is 24.1 Å². The summed E-state index contributed by atoms with van der Waals surface area (Å²) >= 11 is 0. The van der Waals surface area contributed by atoms with Crippen LogP contribution in [0.2, 0.25) is 0 Å². The van der Waals surface area contributed by atoms with Gasteiger partial charge in [-0.15, -0.1) is 0 Å². The lowest BCUT2D eigenvalue weighted by Gasteiger charge is -2.29. The molecule has 0 aromatic carbocycles. The molecule has 19 heavy (non-hydrogen) atoms. The van der Waals surface area contributed by atoms with Gasteiger partial charge in [-0.3, -0.25) is 4.79 Å². The largest absolute Gasteiger partial charge is 0.468 e. The molecule has 4 heteroatoms. The first-order valence-corrected chi connectivity index (χ1v) is 7.64. The highest BCUT2D eigenvalue weighted by Gasteiger charge is 2.34. The van der Waals surface area contributed by atoms with Crippen molar-refractivity contribution in [1.82, 2.24) is 10.2 Å². The maximum atomic E-state index is 11.9. The van der Waals surface area contributed by atoms with Gasteiger partial charge in [-0.05, 0) is 58.7 Å². The lowest BCUT2D eigenvalue weighted by atomic mass is 9.95. The molecule has 0 spiro atoms. The normalized spacial score (nSPS) is 18.4. The zero-order valence-electron chi connectivity index (χ0n) is 13.0. The number of nitrogens with zero attached hydrogens (tertiary/aromatic N) is 1. The van der Waals surface area contributed by atoms with E-state index in [1.807, 2.05) is 6.92 Å². The third-order valence-corrected chi connectivity index (χ3v) is 3.99. The SMILES string of the molecule is CCCNC(C)(CCCN(CC)C1CC1)C(=O)OC. The summed E-state index contributed by atoms with van der Waals surface area (Å²) in [6.45, 7) is 9.33. The predicted molar refractivity (Wildman–Crippen MR) is 78.2 cm³/mol. The molecule has 4 nitrogen and oxygen atoms in total. The summed E-state index contributed by atoms with van der Waals surface area (Å²) in [6, 6.07) is 0.804. The molecule has 0 aromatic rings. The Kier molecular flexibility index (Phi) is 6.80. The molecule has 0 amide bonds. The number of carbonyl (C=O) groups is 1. The van der Waals surface area contributed by atoms with E-state index >= 15 is 0 Å². The van der Waals surface area contributed by atoms with Crippen LogP contribution in [0.3, 0.4) is 0 Å². The van der Waals surface area contributed by atoms with Crippen LogP contribution in [0.25, 0.3) is 0 Å². The number of nitrogens with one attached hydrogen (secondary N) is 1. The minimum Gasteiger partial charge on any atom is -0.468 e. The van der Waals surface area contributed by atoms with Crippen LogP contribution in [0.5, 0.6) is 0 Å². The average Bonchev–Trinajstić information content (AvgIpc) is 3.25. The molecule has 112 valence electrons. The molecule has 1 unspecified atom stereocenters. The molecule has 0 heterocycles. The van der Waals surface area contributed by atoms with E-state index in [0.29, 0.717) is 0 Å². The number of carbonyl (C=O) groups excluding carboxylic acids is 1. The molecule has 1 aliphatic rings. The molecule has 1 saturated carbocycles. The fourth-order valence-corrected chi connectivity index (χ4v) is 2.56. The van der Waals surface area contributed by atoms with Crippen LogP contribution in [0, 0.1) is 0 Å². The van der Waals surface area contributed by atoms with Crippen LogP contribution in [-0.4, -0.2) is 49.2 Å². The highest BCUT2D eigenvalue weighted by atomic mass is 16.5. The molecule has 0 bridgehead atoms.